The van der Waals surface area contributed by atoms with E-state index < -0.39 is 0 Å². The minimum atomic E-state index is 0.197. The van der Waals surface area contributed by atoms with Gasteiger partial charge in [-0.25, -0.2) is 0 Å². The predicted octanol–water partition coefficient (Wildman–Crippen LogP) is 5.16. The molecular weight excluding hydrogens is 260 g/mol. The molecule has 0 saturated heterocycles. The van der Waals surface area contributed by atoms with Gasteiger partial charge < -0.3 is 0 Å². The van der Waals surface area contributed by atoms with Crippen LogP contribution in [0.2, 0.25) is 0 Å². The average Bonchev–Trinajstić information content (AvgIpc) is 2.91. The molecule has 0 saturated carbocycles. The molecule has 0 unspecified atom stereocenters. The minimum absolute atomic E-state index is 0.197. The molecule has 1 aromatic rings. The van der Waals surface area contributed by atoms with Gasteiger partial charge in [0.05, 0.1) is 11.8 Å². The van der Waals surface area contributed by atoms with Crippen molar-refractivity contribution in [1.82, 2.24) is 9.78 Å². The van der Waals surface area contributed by atoms with E-state index in [2.05, 4.69) is 18.9 Å². The van der Waals surface area contributed by atoms with Gasteiger partial charge in [0.2, 0.25) is 0 Å². The van der Waals surface area contributed by atoms with Gasteiger partial charge in [0, 0.05) is 19.2 Å². The highest BCUT2D eigenvalue weighted by Crippen LogP contribution is 2.22. The Labute approximate surface area is 130 Å². The van der Waals surface area contributed by atoms with Gasteiger partial charge in [-0.3, -0.25) is 9.48 Å². The molecule has 0 N–H and O–H groups in total. The Kier molecular flexibility index (Phi) is 9.04. The number of unbranched alkanes of at least 4 members (excludes halogenated alkanes) is 6. The Bertz CT molecular complexity index is 386. The van der Waals surface area contributed by atoms with Crippen LogP contribution in [0.15, 0.2) is 12.4 Å². The molecule has 0 aliphatic heterocycles. The molecule has 120 valence electrons. The highest BCUT2D eigenvalue weighted by atomic mass is 16.1. The maximum absolute atomic E-state index is 12.6. The van der Waals surface area contributed by atoms with Crippen molar-refractivity contribution in [3.8, 4) is 0 Å². The van der Waals surface area contributed by atoms with Crippen molar-refractivity contribution in [2.45, 2.75) is 78.1 Å². The van der Waals surface area contributed by atoms with Crippen LogP contribution in [-0.4, -0.2) is 15.6 Å². The van der Waals surface area contributed by atoms with E-state index in [1.807, 2.05) is 13.2 Å². The van der Waals surface area contributed by atoms with Crippen LogP contribution in [0, 0.1) is 5.92 Å². The Hall–Kier alpha value is -1.12. The van der Waals surface area contributed by atoms with Gasteiger partial charge in [0.15, 0.2) is 5.78 Å². The number of aromatic nitrogens is 2. The van der Waals surface area contributed by atoms with Gasteiger partial charge >= 0.3 is 0 Å². The second-order valence-electron chi connectivity index (χ2n) is 6.16. The quantitative estimate of drug-likeness (QED) is 0.394. The molecule has 3 heteroatoms. The molecule has 1 rings (SSSR count). The third-order valence-electron chi connectivity index (χ3n) is 4.17. The number of aryl methyl sites for hydroxylation is 1. The van der Waals surface area contributed by atoms with Gasteiger partial charge in [0.25, 0.3) is 0 Å². The average molecular weight is 292 g/mol. The van der Waals surface area contributed by atoms with E-state index in [0.717, 1.165) is 18.4 Å². The zero-order valence-corrected chi connectivity index (χ0v) is 14.1. The van der Waals surface area contributed by atoms with E-state index in [1.165, 1.54) is 51.4 Å². The molecule has 0 fully saturated rings. The van der Waals surface area contributed by atoms with Crippen LogP contribution in [-0.2, 0) is 7.05 Å². The summed E-state index contributed by atoms with van der Waals surface area (Å²) in [5.74, 6) is 0.499. The van der Waals surface area contributed by atoms with Gasteiger partial charge in [-0.15, -0.1) is 0 Å². The van der Waals surface area contributed by atoms with Crippen molar-refractivity contribution < 1.29 is 4.79 Å². The number of hydrogen-bond donors (Lipinski definition) is 0. The molecule has 0 atom stereocenters. The van der Waals surface area contributed by atoms with Crippen LogP contribution in [0.1, 0.15) is 88.4 Å². The standard InChI is InChI=1S/C18H32N2O/c1-4-6-8-10-12-16(13-11-9-7-5-2)18(21)17-14-19-20(3)15-17/h14-16H,4-13H2,1-3H3. The molecule has 1 heterocycles. The normalized spacial score (nSPS) is 11.2. The fourth-order valence-electron chi connectivity index (χ4n) is 2.83. The molecule has 0 bridgehead atoms. The summed E-state index contributed by atoms with van der Waals surface area (Å²) in [6, 6.07) is 0. The Balaban J connectivity index is 2.50. The van der Waals surface area contributed by atoms with Crippen LogP contribution in [0.25, 0.3) is 0 Å². The molecule has 0 aromatic carbocycles. The highest BCUT2D eigenvalue weighted by Gasteiger charge is 2.20. The van der Waals surface area contributed by atoms with Crippen LogP contribution in [0.5, 0.6) is 0 Å². The lowest BCUT2D eigenvalue weighted by Crippen LogP contribution is -2.14. The van der Waals surface area contributed by atoms with Gasteiger partial charge in [-0.2, -0.15) is 5.10 Å². The molecule has 0 radical (unpaired) electrons. The lowest BCUT2D eigenvalue weighted by atomic mass is 9.88. The van der Waals surface area contributed by atoms with Gasteiger partial charge in [-0.05, 0) is 12.8 Å². The molecular formula is C18H32N2O. The van der Waals surface area contributed by atoms with E-state index in [4.69, 9.17) is 0 Å². The van der Waals surface area contributed by atoms with E-state index in [0.29, 0.717) is 5.78 Å². The molecule has 0 spiro atoms. The lowest BCUT2D eigenvalue weighted by molar-refractivity contribution is 0.0901. The monoisotopic (exact) mass is 292 g/mol. The molecule has 0 aliphatic carbocycles. The molecule has 1 aromatic heterocycles. The molecule has 3 nitrogen and oxygen atoms in total. The van der Waals surface area contributed by atoms with E-state index in [-0.39, 0.29) is 5.92 Å². The Morgan fingerprint density at radius 3 is 2.05 bits per heavy atom. The van der Waals surface area contributed by atoms with Crippen molar-refractivity contribution in [3.63, 3.8) is 0 Å². The van der Waals surface area contributed by atoms with E-state index >= 15 is 0 Å². The molecule has 21 heavy (non-hydrogen) atoms. The summed E-state index contributed by atoms with van der Waals surface area (Å²) in [6.07, 6.45) is 15.6. The smallest absolute Gasteiger partial charge is 0.169 e. The largest absolute Gasteiger partial charge is 0.294 e. The Morgan fingerprint density at radius 1 is 1.05 bits per heavy atom. The number of rotatable bonds is 12. The van der Waals surface area contributed by atoms with Gasteiger partial charge in [0.1, 0.15) is 0 Å². The van der Waals surface area contributed by atoms with Crippen LogP contribution in [0.4, 0.5) is 0 Å². The number of carbonyl (C=O) groups excluding carboxylic acids is 1. The number of hydrogen-bond acceptors (Lipinski definition) is 2. The van der Waals surface area contributed by atoms with Gasteiger partial charge in [-0.1, -0.05) is 65.2 Å². The van der Waals surface area contributed by atoms with Crippen molar-refractivity contribution in [2.75, 3.05) is 0 Å². The maximum atomic E-state index is 12.6. The fourth-order valence-corrected chi connectivity index (χ4v) is 2.83. The van der Waals surface area contributed by atoms with Crippen molar-refractivity contribution >= 4 is 5.78 Å². The fraction of sp³-hybridized carbons (Fsp3) is 0.778. The van der Waals surface area contributed by atoms with E-state index in [1.54, 1.807) is 10.9 Å². The molecule has 0 amide bonds. The van der Waals surface area contributed by atoms with Crippen LogP contribution >= 0.6 is 0 Å². The van der Waals surface area contributed by atoms with E-state index in [9.17, 15) is 4.79 Å². The van der Waals surface area contributed by atoms with Crippen molar-refractivity contribution in [2.24, 2.45) is 13.0 Å². The third kappa shape index (κ3) is 6.92. The first-order valence-electron chi connectivity index (χ1n) is 8.71. The minimum Gasteiger partial charge on any atom is -0.294 e. The topological polar surface area (TPSA) is 34.9 Å². The molecule has 0 aliphatic rings. The first-order valence-corrected chi connectivity index (χ1v) is 8.71. The van der Waals surface area contributed by atoms with Crippen molar-refractivity contribution in [1.29, 1.82) is 0 Å². The number of ketones is 1. The zero-order chi connectivity index (χ0) is 15.5. The zero-order valence-electron chi connectivity index (χ0n) is 14.1. The second-order valence-corrected chi connectivity index (χ2v) is 6.16. The first-order chi connectivity index (χ1) is 10.2. The summed E-state index contributed by atoms with van der Waals surface area (Å²) in [4.78, 5) is 12.6. The number of nitrogens with zero attached hydrogens (tertiary/aromatic N) is 2. The Morgan fingerprint density at radius 2 is 1.62 bits per heavy atom. The third-order valence-corrected chi connectivity index (χ3v) is 4.17. The summed E-state index contributed by atoms with van der Waals surface area (Å²) in [5.41, 5.74) is 0.786. The summed E-state index contributed by atoms with van der Waals surface area (Å²) in [5, 5.41) is 4.14. The highest BCUT2D eigenvalue weighted by molar-refractivity contribution is 5.97. The predicted molar refractivity (Wildman–Crippen MR) is 88.5 cm³/mol. The summed E-state index contributed by atoms with van der Waals surface area (Å²) in [6.45, 7) is 4.45. The lowest BCUT2D eigenvalue weighted by Gasteiger charge is -2.15. The van der Waals surface area contributed by atoms with Crippen molar-refractivity contribution in [3.05, 3.63) is 18.0 Å². The first kappa shape index (κ1) is 17.9. The van der Waals surface area contributed by atoms with Crippen LogP contribution in [0.3, 0.4) is 0 Å². The summed E-state index contributed by atoms with van der Waals surface area (Å²) in [7, 11) is 1.87. The number of Topliss-reactive ketones (excluding diaryl/α,β-unsaturated/α-hetero) is 1. The second kappa shape index (κ2) is 10.6. The number of carbonyl (C=O) groups is 1. The summed E-state index contributed by atoms with van der Waals surface area (Å²) >= 11 is 0. The summed E-state index contributed by atoms with van der Waals surface area (Å²) < 4.78 is 1.72. The SMILES string of the molecule is CCCCCCC(CCCCCC)C(=O)c1cnn(C)c1. The van der Waals surface area contributed by atoms with Crippen LogP contribution < -0.4 is 0 Å². The maximum Gasteiger partial charge on any atom is 0.169 e.